The highest BCUT2D eigenvalue weighted by Gasteiger charge is 2.71. The first-order valence-electron chi connectivity index (χ1n) is 31.2. The summed E-state index contributed by atoms with van der Waals surface area (Å²) in [5, 5.41) is 0. The van der Waals surface area contributed by atoms with E-state index < -0.39 is 163 Å². The summed E-state index contributed by atoms with van der Waals surface area (Å²) in [7, 11) is 0. The molecule has 1 spiro atoms. The largest absolute Gasteiger partial charge is 0.462 e. The van der Waals surface area contributed by atoms with Gasteiger partial charge in [0.2, 0.25) is 0 Å². The van der Waals surface area contributed by atoms with Crippen LogP contribution in [-0.4, -0.2) is 176 Å². The number of amides is 2. The molecule has 22 atom stereocenters. The number of fused-ring (bicyclic) bond motifs is 7. The molecule has 10 rings (SSSR count). The first kappa shape index (κ1) is 71.7. The van der Waals surface area contributed by atoms with Gasteiger partial charge in [-0.25, -0.2) is 9.59 Å². The average molecular weight is 1440 g/mol. The second kappa shape index (κ2) is 31.6. The van der Waals surface area contributed by atoms with Crippen molar-refractivity contribution in [2.24, 2.45) is 52.3 Å². The Labute approximate surface area is 572 Å². The molecule has 4 saturated heterocycles. The molecule has 93 heavy (non-hydrogen) atoms. The van der Waals surface area contributed by atoms with Crippen LogP contribution >= 0.6 is 81.9 Å². The first-order valence-corrected chi connectivity index (χ1v) is 35.5. The fourth-order valence-electron chi connectivity index (χ4n) is 16.1. The minimum Gasteiger partial charge on any atom is -0.462 e. The van der Waals surface area contributed by atoms with Gasteiger partial charge in [0.05, 0.1) is 18.8 Å². The Hall–Kier alpha value is -4.09. The lowest BCUT2D eigenvalue weighted by Gasteiger charge is -2.60. The standard InChI is InChI=1S/C63H77Cl5N2O21S2/c1-32-17-20-63(81-29-32)33(2)49-41(91-63)22-39-38-16-15-34-21-35(18-19-61(34,3)50(38)40(71)23-62(39,49)4)82-57-55(87-47(75)27-67)53(85-45(73)25-65)51(42(83-57)30-79-44(72)24-64)89-58-56(88-48(76)28-68)54(86-46(74)26-66)52(90-60(78)70-93-37-13-9-6-10-14-37)43(84-58)31-80-59(77)69-92-36-11-7-5-8-12-36/h5-14,32-35,38-39,41-43,49-58H,15-31H2,1-4H3,(H,69,77)(H,70,78)/t32-,33+,34+,35+,38+,39+,41?,42-,43-,49?,50-,51-,52-,53+,54+,55-,56-,57-,58+,61+,62+,63-/m1/s1. The van der Waals surface area contributed by atoms with Crippen LogP contribution in [-0.2, 0) is 90.3 Å². The van der Waals surface area contributed by atoms with Crippen molar-refractivity contribution in [3.63, 3.8) is 0 Å². The van der Waals surface area contributed by atoms with Crippen LogP contribution in [0.3, 0.4) is 0 Å². The summed E-state index contributed by atoms with van der Waals surface area (Å²) >= 11 is 32.0. The number of ether oxygens (including phenoxy) is 13. The SMILES string of the molecule is C[C@@H]1CC[C@@]2(OC1)OC1C[C@H]3[C@@H]4CC[C@H]5C[C@@H](O[C@@H]6O[C@H](COC(=O)CCl)[C@@H](O[C@@H]7O[C@H](COC(=O)NSc8ccccc8)[C@@H](OC(=O)NSc8ccccc8)[C@H](OC(=O)CCl)[C@H]7OC(=O)CCl)[C@H](OC(=O)CCl)[C@H]6OC(=O)CCl)CC[C@]5(C)[C@H]4C(=O)C[C@]3(C)C1[C@@H]2C. The van der Waals surface area contributed by atoms with Crippen LogP contribution in [0, 0.1) is 52.3 Å². The van der Waals surface area contributed by atoms with Gasteiger partial charge in [0.15, 0.2) is 48.9 Å². The molecule has 30 heteroatoms. The summed E-state index contributed by atoms with van der Waals surface area (Å²) < 4.78 is 86.1. The number of carbonyl (C=O) groups excluding carboxylic acids is 8. The molecule has 0 bridgehead atoms. The monoisotopic (exact) mass is 1440 g/mol. The van der Waals surface area contributed by atoms with Crippen LogP contribution in [0.4, 0.5) is 9.59 Å². The van der Waals surface area contributed by atoms with Gasteiger partial charge in [-0.3, -0.25) is 38.2 Å². The zero-order chi connectivity index (χ0) is 66.4. The van der Waals surface area contributed by atoms with Gasteiger partial charge in [-0.2, -0.15) is 0 Å². The van der Waals surface area contributed by atoms with Crippen molar-refractivity contribution in [2.75, 3.05) is 49.2 Å². The van der Waals surface area contributed by atoms with E-state index in [1.807, 2.05) is 0 Å². The van der Waals surface area contributed by atoms with Gasteiger partial charge in [0, 0.05) is 34.5 Å². The molecule has 2 aromatic rings. The normalized spacial score (nSPS) is 37.5. The van der Waals surface area contributed by atoms with Gasteiger partial charge >= 0.3 is 42.0 Å². The maximum absolute atomic E-state index is 15.0. The lowest BCUT2D eigenvalue weighted by atomic mass is 9.44. The third kappa shape index (κ3) is 16.1. The molecule has 8 aliphatic rings. The summed E-state index contributed by atoms with van der Waals surface area (Å²) in [6, 6.07) is 17.3. The van der Waals surface area contributed by atoms with Crippen molar-refractivity contribution in [3.05, 3.63) is 60.7 Å². The van der Waals surface area contributed by atoms with Crippen LogP contribution in [0.15, 0.2) is 70.5 Å². The second-order valence-corrected chi connectivity index (χ2v) is 28.6. The van der Waals surface area contributed by atoms with Crippen LogP contribution in [0.5, 0.6) is 0 Å². The fourth-order valence-corrected chi connectivity index (χ4v) is 17.5. The summed E-state index contributed by atoms with van der Waals surface area (Å²) in [5.74, 6) is -8.50. The summed E-state index contributed by atoms with van der Waals surface area (Å²) in [5.41, 5.74) is -0.662. The van der Waals surface area contributed by atoms with E-state index in [-0.39, 0.29) is 52.8 Å². The van der Waals surface area contributed by atoms with Crippen molar-refractivity contribution in [1.82, 2.24) is 9.44 Å². The van der Waals surface area contributed by atoms with E-state index in [4.69, 9.17) is 120 Å². The zero-order valence-electron chi connectivity index (χ0n) is 51.5. The number of alkyl halides is 5. The lowest BCUT2D eigenvalue weighted by Crippen LogP contribution is -2.68. The predicted octanol–water partition coefficient (Wildman–Crippen LogP) is 9.45. The number of Topliss-reactive ketones (excluding diaryl/α,β-unsaturated/α-hetero) is 1. The summed E-state index contributed by atoms with van der Waals surface area (Å²) in [4.78, 5) is 111. The van der Waals surface area contributed by atoms with Crippen LogP contribution in [0.2, 0.25) is 0 Å². The molecule has 512 valence electrons. The molecule has 4 saturated carbocycles. The molecule has 2 N–H and O–H groups in total. The lowest BCUT2D eigenvalue weighted by molar-refractivity contribution is -0.364. The van der Waals surface area contributed by atoms with Crippen molar-refractivity contribution >= 4 is 130 Å². The van der Waals surface area contributed by atoms with E-state index in [0.29, 0.717) is 48.0 Å². The van der Waals surface area contributed by atoms with Crippen molar-refractivity contribution in [3.8, 4) is 0 Å². The minimum atomic E-state index is -2.10. The fraction of sp³-hybridized carbons (Fsp3) is 0.683. The molecule has 2 unspecified atom stereocenters. The third-order valence-corrected chi connectivity index (χ3v) is 22.6. The van der Waals surface area contributed by atoms with Gasteiger partial charge in [0.1, 0.15) is 66.7 Å². The quantitative estimate of drug-likeness (QED) is 0.0365. The third-order valence-electron chi connectivity index (χ3n) is 20.0. The molecular weight excluding hydrogens is 1360 g/mol. The number of rotatable bonds is 22. The highest BCUT2D eigenvalue weighted by molar-refractivity contribution is 7.98. The van der Waals surface area contributed by atoms with Crippen LogP contribution in [0.25, 0.3) is 0 Å². The van der Waals surface area contributed by atoms with Crippen molar-refractivity contribution < 1.29 is 99.9 Å². The van der Waals surface area contributed by atoms with E-state index in [1.54, 1.807) is 60.7 Å². The number of ketones is 1. The first-order chi connectivity index (χ1) is 44.6. The second-order valence-electron chi connectivity index (χ2n) is 25.5. The van der Waals surface area contributed by atoms with E-state index in [2.05, 4.69) is 37.1 Å². The van der Waals surface area contributed by atoms with Crippen LogP contribution < -0.4 is 9.44 Å². The smallest absolute Gasteiger partial charge is 0.417 e. The number of nitrogens with one attached hydrogen (secondary N) is 2. The Kier molecular flexibility index (Phi) is 24.4. The van der Waals surface area contributed by atoms with Crippen molar-refractivity contribution in [1.29, 1.82) is 0 Å². The minimum absolute atomic E-state index is 0.00102. The Bertz CT molecular complexity index is 2980. The number of esters is 5. The topological polar surface area (TPSA) is 281 Å². The predicted molar refractivity (Wildman–Crippen MR) is 336 cm³/mol. The average Bonchev–Trinajstić information content (AvgIpc) is 1.58. The Morgan fingerprint density at radius 3 is 1.69 bits per heavy atom. The van der Waals surface area contributed by atoms with Gasteiger partial charge in [-0.1, -0.05) is 64.1 Å². The molecule has 4 aliphatic carbocycles. The number of benzene rings is 2. The molecular formula is C63H77Cl5N2O21S2. The molecule has 2 amide bonds. The van der Waals surface area contributed by atoms with Crippen LogP contribution in [0.1, 0.15) is 85.5 Å². The van der Waals surface area contributed by atoms with E-state index in [1.165, 1.54) is 0 Å². The number of halogens is 5. The Morgan fingerprint density at radius 2 is 1.12 bits per heavy atom. The number of carbonyl (C=O) groups is 8. The number of hydrogen-bond donors (Lipinski definition) is 2. The van der Waals surface area contributed by atoms with Gasteiger partial charge in [-0.05, 0) is 134 Å². The van der Waals surface area contributed by atoms with E-state index in [0.717, 1.165) is 56.0 Å². The molecule has 2 aromatic carbocycles. The van der Waals surface area contributed by atoms with E-state index >= 15 is 4.79 Å². The van der Waals surface area contributed by atoms with Crippen molar-refractivity contribution in [2.45, 2.75) is 175 Å². The number of hydrogen-bond acceptors (Lipinski definition) is 23. The maximum atomic E-state index is 15.0. The maximum Gasteiger partial charge on any atom is 0.417 e. The molecule has 8 fully saturated rings. The molecule has 23 nitrogen and oxygen atoms in total. The summed E-state index contributed by atoms with van der Waals surface area (Å²) in [6.45, 7) is 8.09. The molecule has 0 radical (unpaired) electrons. The summed E-state index contributed by atoms with van der Waals surface area (Å²) in [6.07, 6.45) is -15.0. The van der Waals surface area contributed by atoms with Gasteiger partial charge < -0.3 is 61.6 Å². The van der Waals surface area contributed by atoms with Gasteiger partial charge in [0.25, 0.3) is 0 Å². The highest BCUT2D eigenvalue weighted by Crippen LogP contribution is 2.71. The Balaban J connectivity index is 0.938. The molecule has 4 heterocycles. The Morgan fingerprint density at radius 1 is 0.581 bits per heavy atom. The highest BCUT2D eigenvalue weighted by atomic mass is 35.5. The van der Waals surface area contributed by atoms with Gasteiger partial charge in [-0.15, -0.1) is 58.0 Å². The zero-order valence-corrected chi connectivity index (χ0v) is 57.0. The molecule has 4 aliphatic heterocycles. The van der Waals surface area contributed by atoms with E-state index in [9.17, 15) is 33.6 Å². The molecule has 0 aromatic heterocycles.